The predicted molar refractivity (Wildman–Crippen MR) is 66.4 cm³/mol. The first kappa shape index (κ1) is 12.1. The van der Waals surface area contributed by atoms with Crippen molar-refractivity contribution in [1.29, 1.82) is 0 Å². The minimum absolute atomic E-state index is 0.0114. The highest BCUT2D eigenvalue weighted by Gasteiger charge is 2.38. The van der Waals surface area contributed by atoms with Gasteiger partial charge in [0.2, 0.25) is 0 Å². The summed E-state index contributed by atoms with van der Waals surface area (Å²) in [5.74, 6) is 0.729. The number of carbonyl (C=O) groups is 1. The molecular formula is C14H25NO. The molecule has 0 aromatic heterocycles. The molecule has 0 radical (unpaired) electrons. The zero-order chi connectivity index (χ0) is 11.6. The number of rotatable bonds is 4. The van der Waals surface area contributed by atoms with Gasteiger partial charge in [0.1, 0.15) is 6.29 Å². The standard InChI is InChI=1S/C14H25NO/c1-12(2)13-6-5-9-15(13)10-14(11-16)7-3-4-8-14/h11-13H,3-10H2,1-2H3. The molecule has 2 rings (SSSR count). The Balaban J connectivity index is 1.99. The van der Waals surface area contributed by atoms with Gasteiger partial charge in [-0.2, -0.15) is 0 Å². The van der Waals surface area contributed by atoms with Crippen molar-refractivity contribution in [1.82, 2.24) is 4.90 Å². The lowest BCUT2D eigenvalue weighted by Crippen LogP contribution is -2.42. The van der Waals surface area contributed by atoms with E-state index >= 15 is 0 Å². The van der Waals surface area contributed by atoms with Crippen LogP contribution in [0.2, 0.25) is 0 Å². The lowest BCUT2D eigenvalue weighted by molar-refractivity contribution is -0.117. The molecule has 0 aromatic carbocycles. The fraction of sp³-hybridized carbons (Fsp3) is 0.929. The van der Waals surface area contributed by atoms with Crippen LogP contribution in [-0.4, -0.2) is 30.3 Å². The number of carbonyl (C=O) groups excluding carboxylic acids is 1. The van der Waals surface area contributed by atoms with Crippen LogP contribution in [0, 0.1) is 11.3 Å². The average molecular weight is 223 g/mol. The normalized spacial score (nSPS) is 30.1. The van der Waals surface area contributed by atoms with E-state index in [-0.39, 0.29) is 5.41 Å². The first-order valence-corrected chi connectivity index (χ1v) is 6.87. The number of hydrogen-bond acceptors (Lipinski definition) is 2. The minimum Gasteiger partial charge on any atom is -0.303 e. The van der Waals surface area contributed by atoms with E-state index in [0.717, 1.165) is 31.3 Å². The molecule has 1 aliphatic carbocycles. The van der Waals surface area contributed by atoms with Gasteiger partial charge in [0.15, 0.2) is 0 Å². The monoisotopic (exact) mass is 223 g/mol. The topological polar surface area (TPSA) is 20.3 Å². The molecule has 16 heavy (non-hydrogen) atoms. The highest BCUT2D eigenvalue weighted by Crippen LogP contribution is 2.39. The van der Waals surface area contributed by atoms with Crippen molar-refractivity contribution in [3.05, 3.63) is 0 Å². The number of nitrogens with zero attached hydrogens (tertiary/aromatic N) is 1. The van der Waals surface area contributed by atoms with Crippen molar-refractivity contribution >= 4 is 6.29 Å². The summed E-state index contributed by atoms with van der Waals surface area (Å²) in [6, 6.07) is 0.720. The smallest absolute Gasteiger partial charge is 0.127 e. The van der Waals surface area contributed by atoms with Gasteiger partial charge in [-0.15, -0.1) is 0 Å². The van der Waals surface area contributed by atoms with Crippen LogP contribution in [0.5, 0.6) is 0 Å². The summed E-state index contributed by atoms with van der Waals surface area (Å²) in [7, 11) is 0. The summed E-state index contributed by atoms with van der Waals surface area (Å²) in [4.78, 5) is 14.0. The molecule has 2 aliphatic rings. The molecule has 1 heterocycles. The Hall–Kier alpha value is -0.370. The lowest BCUT2D eigenvalue weighted by Gasteiger charge is -2.34. The molecule has 1 saturated carbocycles. The Kier molecular flexibility index (Phi) is 3.68. The van der Waals surface area contributed by atoms with E-state index in [4.69, 9.17) is 0 Å². The predicted octanol–water partition coefficient (Wildman–Crippen LogP) is 2.87. The van der Waals surface area contributed by atoms with E-state index in [0.29, 0.717) is 0 Å². The molecule has 2 fully saturated rings. The van der Waals surface area contributed by atoms with Crippen molar-refractivity contribution < 1.29 is 4.79 Å². The van der Waals surface area contributed by atoms with E-state index in [9.17, 15) is 4.79 Å². The Bertz CT molecular complexity index is 243. The molecule has 0 bridgehead atoms. The van der Waals surface area contributed by atoms with E-state index in [1.165, 1.54) is 38.5 Å². The van der Waals surface area contributed by atoms with Crippen LogP contribution in [0.25, 0.3) is 0 Å². The Morgan fingerprint density at radius 1 is 1.31 bits per heavy atom. The second kappa shape index (κ2) is 4.87. The summed E-state index contributed by atoms with van der Waals surface area (Å²) >= 11 is 0. The molecule has 1 unspecified atom stereocenters. The van der Waals surface area contributed by atoms with Gasteiger partial charge in [-0.05, 0) is 38.1 Å². The molecule has 1 atom stereocenters. The SMILES string of the molecule is CC(C)C1CCCN1CC1(C=O)CCCC1. The third kappa shape index (κ3) is 2.32. The lowest BCUT2D eigenvalue weighted by atomic mass is 9.86. The van der Waals surface area contributed by atoms with Crippen molar-refractivity contribution in [2.24, 2.45) is 11.3 Å². The van der Waals surface area contributed by atoms with Gasteiger partial charge in [0.25, 0.3) is 0 Å². The van der Waals surface area contributed by atoms with Crippen LogP contribution in [0.15, 0.2) is 0 Å². The zero-order valence-corrected chi connectivity index (χ0v) is 10.7. The van der Waals surface area contributed by atoms with Crippen molar-refractivity contribution in [2.45, 2.75) is 58.4 Å². The summed E-state index contributed by atoms with van der Waals surface area (Å²) in [5.41, 5.74) is 0.0114. The number of likely N-dealkylation sites (tertiary alicyclic amines) is 1. The molecule has 1 aliphatic heterocycles. The molecule has 0 N–H and O–H groups in total. The molecule has 92 valence electrons. The van der Waals surface area contributed by atoms with Gasteiger partial charge in [0, 0.05) is 18.0 Å². The highest BCUT2D eigenvalue weighted by molar-refractivity contribution is 5.60. The highest BCUT2D eigenvalue weighted by atomic mass is 16.1. The summed E-state index contributed by atoms with van der Waals surface area (Å²) in [6.07, 6.45) is 8.65. The molecule has 0 amide bonds. The first-order chi connectivity index (χ1) is 7.67. The summed E-state index contributed by atoms with van der Waals surface area (Å²) < 4.78 is 0. The third-order valence-electron chi connectivity index (χ3n) is 4.55. The average Bonchev–Trinajstić information content (AvgIpc) is 2.88. The van der Waals surface area contributed by atoms with Crippen LogP contribution in [-0.2, 0) is 4.79 Å². The Morgan fingerprint density at radius 2 is 2.00 bits per heavy atom. The van der Waals surface area contributed by atoms with Gasteiger partial charge in [-0.25, -0.2) is 0 Å². The quantitative estimate of drug-likeness (QED) is 0.683. The largest absolute Gasteiger partial charge is 0.303 e. The number of hydrogen-bond donors (Lipinski definition) is 0. The van der Waals surface area contributed by atoms with Crippen LogP contribution in [0.1, 0.15) is 52.4 Å². The van der Waals surface area contributed by atoms with Crippen LogP contribution in [0.3, 0.4) is 0 Å². The maximum Gasteiger partial charge on any atom is 0.127 e. The third-order valence-corrected chi connectivity index (χ3v) is 4.55. The first-order valence-electron chi connectivity index (χ1n) is 6.87. The maximum absolute atomic E-state index is 11.4. The van der Waals surface area contributed by atoms with Gasteiger partial charge >= 0.3 is 0 Å². The van der Waals surface area contributed by atoms with Gasteiger partial charge < -0.3 is 4.79 Å². The second-order valence-corrected chi connectivity index (χ2v) is 6.11. The number of aldehydes is 1. The molecule has 0 aromatic rings. The molecule has 1 saturated heterocycles. The van der Waals surface area contributed by atoms with Gasteiger partial charge in [-0.3, -0.25) is 4.90 Å². The second-order valence-electron chi connectivity index (χ2n) is 6.11. The fourth-order valence-electron chi connectivity index (χ4n) is 3.60. The zero-order valence-electron chi connectivity index (χ0n) is 10.7. The van der Waals surface area contributed by atoms with Crippen LogP contribution < -0.4 is 0 Å². The molecule has 2 heteroatoms. The Morgan fingerprint density at radius 3 is 2.56 bits per heavy atom. The Labute approximate surface area is 99.4 Å². The molecular weight excluding hydrogens is 198 g/mol. The van der Waals surface area contributed by atoms with E-state index in [1.807, 2.05) is 0 Å². The fourth-order valence-corrected chi connectivity index (χ4v) is 3.60. The van der Waals surface area contributed by atoms with Gasteiger partial charge in [0.05, 0.1) is 0 Å². The maximum atomic E-state index is 11.4. The van der Waals surface area contributed by atoms with Crippen molar-refractivity contribution in [3.8, 4) is 0 Å². The molecule has 0 spiro atoms. The van der Waals surface area contributed by atoms with Crippen LogP contribution >= 0.6 is 0 Å². The summed E-state index contributed by atoms with van der Waals surface area (Å²) in [6.45, 7) is 6.86. The minimum atomic E-state index is 0.0114. The van der Waals surface area contributed by atoms with E-state index in [1.54, 1.807) is 0 Å². The van der Waals surface area contributed by atoms with Crippen molar-refractivity contribution in [2.75, 3.05) is 13.1 Å². The van der Waals surface area contributed by atoms with E-state index in [2.05, 4.69) is 18.7 Å². The van der Waals surface area contributed by atoms with Gasteiger partial charge in [-0.1, -0.05) is 26.7 Å². The van der Waals surface area contributed by atoms with E-state index < -0.39 is 0 Å². The summed E-state index contributed by atoms with van der Waals surface area (Å²) in [5, 5.41) is 0. The molecule has 2 nitrogen and oxygen atoms in total. The van der Waals surface area contributed by atoms with Crippen LogP contribution in [0.4, 0.5) is 0 Å². The van der Waals surface area contributed by atoms with Crippen molar-refractivity contribution in [3.63, 3.8) is 0 Å².